The van der Waals surface area contributed by atoms with Gasteiger partial charge < -0.3 is 22.1 Å². The van der Waals surface area contributed by atoms with Crippen molar-refractivity contribution in [3.05, 3.63) is 36.0 Å². The second kappa shape index (κ2) is 5.87. The van der Waals surface area contributed by atoms with Crippen LogP contribution in [-0.4, -0.2) is 21.8 Å². The van der Waals surface area contributed by atoms with Gasteiger partial charge in [-0.1, -0.05) is 6.07 Å². The van der Waals surface area contributed by atoms with Crippen molar-refractivity contribution >= 4 is 35.0 Å². The van der Waals surface area contributed by atoms with E-state index in [1.165, 1.54) is 13.1 Å². The topological polar surface area (TPSA) is 136 Å². The lowest BCUT2D eigenvalue weighted by atomic mass is 10.2. The van der Waals surface area contributed by atoms with E-state index in [2.05, 4.69) is 20.6 Å². The zero-order chi connectivity index (χ0) is 15.4. The Kier molecular flexibility index (Phi) is 3.98. The molecule has 0 bridgehead atoms. The summed E-state index contributed by atoms with van der Waals surface area (Å²) in [6, 6.07) is 6.99. The average Bonchev–Trinajstić information content (AvgIpc) is 2.37. The van der Waals surface area contributed by atoms with Crippen LogP contribution in [0.5, 0.6) is 0 Å². The molecular formula is C13H14N6O2. The van der Waals surface area contributed by atoms with Gasteiger partial charge in [-0.15, -0.1) is 0 Å². The largest absolute Gasteiger partial charge is 0.383 e. The predicted molar refractivity (Wildman–Crippen MR) is 79.0 cm³/mol. The van der Waals surface area contributed by atoms with E-state index in [0.717, 1.165) is 0 Å². The van der Waals surface area contributed by atoms with E-state index in [9.17, 15) is 9.59 Å². The summed E-state index contributed by atoms with van der Waals surface area (Å²) in [5, 5.41) is 5.58. The van der Waals surface area contributed by atoms with Crippen LogP contribution in [0, 0.1) is 0 Å². The number of carbonyl (C=O) groups excluding carboxylic acids is 2. The van der Waals surface area contributed by atoms with Gasteiger partial charge >= 0.3 is 0 Å². The number of benzene rings is 1. The molecule has 8 heteroatoms. The first-order valence-corrected chi connectivity index (χ1v) is 6.02. The summed E-state index contributed by atoms with van der Waals surface area (Å²) >= 11 is 0. The fourth-order valence-electron chi connectivity index (χ4n) is 1.65. The summed E-state index contributed by atoms with van der Waals surface area (Å²) < 4.78 is 0. The number of hydrogen-bond donors (Lipinski definition) is 4. The Bertz CT molecular complexity index is 701. The highest BCUT2D eigenvalue weighted by Crippen LogP contribution is 2.19. The van der Waals surface area contributed by atoms with Gasteiger partial charge in [0.2, 0.25) is 11.9 Å². The van der Waals surface area contributed by atoms with E-state index in [4.69, 9.17) is 11.5 Å². The number of nitrogens with two attached hydrogens (primary N) is 2. The molecule has 0 fully saturated rings. The summed E-state index contributed by atoms with van der Waals surface area (Å²) in [6.07, 6.45) is 1.25. The summed E-state index contributed by atoms with van der Waals surface area (Å²) in [4.78, 5) is 30.0. The second-order valence-electron chi connectivity index (χ2n) is 4.24. The molecule has 108 valence electrons. The Labute approximate surface area is 120 Å². The Morgan fingerprint density at radius 1 is 1.24 bits per heavy atom. The maximum absolute atomic E-state index is 11.0. The van der Waals surface area contributed by atoms with Gasteiger partial charge in [-0.25, -0.2) is 4.98 Å². The molecule has 0 atom stereocenters. The molecule has 2 amide bonds. The highest BCUT2D eigenvalue weighted by Gasteiger charge is 2.09. The number of carbonyl (C=O) groups is 2. The number of aromatic nitrogens is 2. The lowest BCUT2D eigenvalue weighted by Crippen LogP contribution is -2.15. The minimum atomic E-state index is -0.688. The van der Waals surface area contributed by atoms with Gasteiger partial charge in [0.25, 0.3) is 5.91 Å². The summed E-state index contributed by atoms with van der Waals surface area (Å²) in [5.41, 5.74) is 12.1. The Morgan fingerprint density at radius 3 is 2.57 bits per heavy atom. The van der Waals surface area contributed by atoms with Gasteiger partial charge in [-0.2, -0.15) is 4.98 Å². The van der Waals surface area contributed by atoms with Crippen molar-refractivity contribution < 1.29 is 9.59 Å². The lowest BCUT2D eigenvalue weighted by Gasteiger charge is -2.08. The monoisotopic (exact) mass is 286 g/mol. The third-order valence-electron chi connectivity index (χ3n) is 2.52. The zero-order valence-electron chi connectivity index (χ0n) is 11.3. The minimum absolute atomic E-state index is 0.00184. The van der Waals surface area contributed by atoms with Crippen LogP contribution in [0.3, 0.4) is 0 Å². The van der Waals surface area contributed by atoms with Crippen LogP contribution < -0.4 is 22.1 Å². The molecule has 2 aromatic rings. The van der Waals surface area contributed by atoms with Crippen molar-refractivity contribution in [3.8, 4) is 0 Å². The molecule has 0 unspecified atom stereocenters. The molecule has 8 nitrogen and oxygen atoms in total. The number of hydrogen-bond acceptors (Lipinski definition) is 6. The standard InChI is InChI=1S/C13H14N6O2/c1-7(20)17-8-3-2-4-9(5-8)18-13-16-6-10(12(15)21)11(14)19-13/h2-6H,1H3,(H2,15,21)(H,17,20)(H3,14,16,18,19). The number of nitrogen functional groups attached to an aromatic ring is 1. The molecule has 0 spiro atoms. The SMILES string of the molecule is CC(=O)Nc1cccc(Nc2ncc(C(N)=O)c(N)n2)c1. The maximum atomic E-state index is 11.0. The van der Waals surface area contributed by atoms with Gasteiger partial charge in [0.05, 0.1) is 5.56 Å². The molecule has 0 aliphatic carbocycles. The summed E-state index contributed by atoms with van der Waals surface area (Å²) in [5.74, 6) is -0.638. The molecule has 0 radical (unpaired) electrons. The normalized spacial score (nSPS) is 9.95. The lowest BCUT2D eigenvalue weighted by molar-refractivity contribution is -0.114. The Morgan fingerprint density at radius 2 is 1.95 bits per heavy atom. The van der Waals surface area contributed by atoms with Gasteiger partial charge in [0.1, 0.15) is 5.82 Å². The molecule has 0 aliphatic rings. The van der Waals surface area contributed by atoms with Gasteiger partial charge in [0.15, 0.2) is 0 Å². The van der Waals surface area contributed by atoms with E-state index in [0.29, 0.717) is 11.4 Å². The zero-order valence-corrected chi connectivity index (χ0v) is 11.3. The van der Waals surface area contributed by atoms with Gasteiger partial charge in [-0.3, -0.25) is 9.59 Å². The number of anilines is 4. The number of amides is 2. The molecule has 0 aliphatic heterocycles. The number of nitrogens with zero attached hydrogens (tertiary/aromatic N) is 2. The van der Waals surface area contributed by atoms with E-state index in [-0.39, 0.29) is 23.2 Å². The fourth-order valence-corrected chi connectivity index (χ4v) is 1.65. The van der Waals surface area contributed by atoms with Crippen molar-refractivity contribution in [2.75, 3.05) is 16.4 Å². The van der Waals surface area contributed by atoms with E-state index >= 15 is 0 Å². The smallest absolute Gasteiger partial charge is 0.254 e. The molecule has 0 saturated carbocycles. The maximum Gasteiger partial charge on any atom is 0.254 e. The van der Waals surface area contributed by atoms with Crippen LogP contribution in [-0.2, 0) is 4.79 Å². The molecule has 6 N–H and O–H groups in total. The third kappa shape index (κ3) is 3.66. The molecule has 0 saturated heterocycles. The molecule has 1 heterocycles. The molecule has 21 heavy (non-hydrogen) atoms. The fraction of sp³-hybridized carbons (Fsp3) is 0.0769. The first kappa shape index (κ1) is 14.3. The van der Waals surface area contributed by atoms with Crippen LogP contribution in [0.25, 0.3) is 0 Å². The van der Waals surface area contributed by atoms with Gasteiger partial charge in [-0.05, 0) is 18.2 Å². The van der Waals surface area contributed by atoms with Crippen LogP contribution >= 0.6 is 0 Å². The first-order valence-electron chi connectivity index (χ1n) is 6.02. The second-order valence-corrected chi connectivity index (χ2v) is 4.24. The van der Waals surface area contributed by atoms with Crippen molar-refractivity contribution in [1.29, 1.82) is 0 Å². The average molecular weight is 286 g/mol. The molecule has 1 aromatic carbocycles. The van der Waals surface area contributed by atoms with Crippen LogP contribution in [0.1, 0.15) is 17.3 Å². The van der Waals surface area contributed by atoms with Crippen LogP contribution in [0.4, 0.5) is 23.1 Å². The first-order chi connectivity index (χ1) is 9.95. The highest BCUT2D eigenvalue weighted by atomic mass is 16.1. The predicted octanol–water partition coefficient (Wildman–Crippen LogP) is 0.860. The Balaban J connectivity index is 2.20. The Hall–Kier alpha value is -3.16. The van der Waals surface area contributed by atoms with Crippen molar-refractivity contribution in [2.24, 2.45) is 5.73 Å². The number of nitrogens with one attached hydrogen (secondary N) is 2. The van der Waals surface area contributed by atoms with Crippen molar-refractivity contribution in [2.45, 2.75) is 6.92 Å². The summed E-state index contributed by atoms with van der Waals surface area (Å²) in [6.45, 7) is 1.42. The van der Waals surface area contributed by atoms with E-state index < -0.39 is 5.91 Å². The number of rotatable bonds is 4. The quantitative estimate of drug-likeness (QED) is 0.658. The van der Waals surface area contributed by atoms with Gasteiger partial charge in [0, 0.05) is 24.5 Å². The van der Waals surface area contributed by atoms with Crippen molar-refractivity contribution in [1.82, 2.24) is 9.97 Å². The van der Waals surface area contributed by atoms with Crippen molar-refractivity contribution in [3.63, 3.8) is 0 Å². The van der Waals surface area contributed by atoms with Crippen LogP contribution in [0.2, 0.25) is 0 Å². The number of primary amides is 1. The van der Waals surface area contributed by atoms with Crippen LogP contribution in [0.15, 0.2) is 30.5 Å². The van der Waals surface area contributed by atoms with E-state index in [1.807, 2.05) is 0 Å². The third-order valence-corrected chi connectivity index (χ3v) is 2.52. The highest BCUT2D eigenvalue weighted by molar-refractivity contribution is 5.96. The molecule has 1 aromatic heterocycles. The summed E-state index contributed by atoms with van der Waals surface area (Å²) in [7, 11) is 0. The minimum Gasteiger partial charge on any atom is -0.383 e. The van der Waals surface area contributed by atoms with E-state index in [1.54, 1.807) is 24.3 Å². The molecule has 2 rings (SSSR count). The molecular weight excluding hydrogens is 272 g/mol.